The third-order valence-electron chi connectivity index (χ3n) is 3.83. The summed E-state index contributed by atoms with van der Waals surface area (Å²) < 4.78 is 2.32. The summed E-state index contributed by atoms with van der Waals surface area (Å²) in [4.78, 5) is 8.88. The van der Waals surface area contributed by atoms with Crippen molar-refractivity contribution in [1.82, 2.24) is 14.5 Å². The molecule has 1 aromatic carbocycles. The highest BCUT2D eigenvalue weighted by Gasteiger charge is 2.29. The minimum atomic E-state index is 0.616. The Morgan fingerprint density at radius 2 is 1.95 bits per heavy atom. The summed E-state index contributed by atoms with van der Waals surface area (Å²) in [5.74, 6) is 1.81. The second-order valence-corrected chi connectivity index (χ2v) is 5.43. The van der Waals surface area contributed by atoms with Gasteiger partial charge in [0.2, 0.25) is 0 Å². The molecule has 2 aromatic heterocycles. The number of imidazole rings is 1. The zero-order chi connectivity index (χ0) is 13.5. The van der Waals surface area contributed by atoms with Gasteiger partial charge in [-0.2, -0.15) is 0 Å². The van der Waals surface area contributed by atoms with Gasteiger partial charge < -0.3 is 10.3 Å². The average molecular weight is 264 g/mol. The van der Waals surface area contributed by atoms with Gasteiger partial charge >= 0.3 is 0 Å². The first-order chi connectivity index (χ1) is 9.81. The van der Waals surface area contributed by atoms with E-state index in [0.29, 0.717) is 5.92 Å². The smallest absolute Gasteiger partial charge is 0.113 e. The van der Waals surface area contributed by atoms with Crippen LogP contribution in [0.2, 0.25) is 0 Å². The third-order valence-corrected chi connectivity index (χ3v) is 3.83. The second kappa shape index (κ2) is 4.34. The summed E-state index contributed by atoms with van der Waals surface area (Å²) in [6.07, 6.45) is 6.16. The molecular formula is C16H16N4. The summed E-state index contributed by atoms with van der Waals surface area (Å²) in [5, 5.41) is 0. The highest BCUT2D eigenvalue weighted by molar-refractivity contribution is 5.80. The molecule has 0 saturated heterocycles. The summed E-state index contributed by atoms with van der Waals surface area (Å²) >= 11 is 0. The van der Waals surface area contributed by atoms with Crippen LogP contribution in [-0.4, -0.2) is 14.5 Å². The second-order valence-electron chi connectivity index (χ2n) is 5.43. The van der Waals surface area contributed by atoms with Crippen molar-refractivity contribution >= 4 is 16.7 Å². The van der Waals surface area contributed by atoms with E-state index in [1.54, 1.807) is 0 Å². The highest BCUT2D eigenvalue weighted by atomic mass is 15.1. The number of benzene rings is 1. The van der Waals surface area contributed by atoms with Crippen LogP contribution in [0.4, 0.5) is 5.69 Å². The molecule has 0 unspecified atom stereocenters. The number of nitrogen functional groups attached to an aromatic ring is 1. The number of rotatable bonds is 3. The number of aromatic nitrogens is 3. The van der Waals surface area contributed by atoms with Gasteiger partial charge in [0, 0.05) is 30.5 Å². The van der Waals surface area contributed by atoms with Crippen molar-refractivity contribution in [3.8, 4) is 0 Å². The quantitative estimate of drug-likeness (QED) is 0.740. The Morgan fingerprint density at radius 3 is 2.70 bits per heavy atom. The molecule has 3 aromatic rings. The Bertz CT molecular complexity index is 757. The molecule has 0 aliphatic heterocycles. The van der Waals surface area contributed by atoms with Crippen LogP contribution < -0.4 is 5.73 Å². The van der Waals surface area contributed by atoms with Crippen molar-refractivity contribution in [1.29, 1.82) is 0 Å². The fourth-order valence-electron chi connectivity index (χ4n) is 2.66. The molecule has 0 spiro atoms. The fourth-order valence-corrected chi connectivity index (χ4v) is 2.66. The zero-order valence-electron chi connectivity index (χ0n) is 11.2. The SMILES string of the molecule is Nc1ccc2c(c1)nc(C1CC1)n2Cc1ccncc1. The van der Waals surface area contributed by atoms with Crippen LogP contribution in [0.3, 0.4) is 0 Å². The monoisotopic (exact) mass is 264 g/mol. The Balaban J connectivity index is 1.85. The molecule has 4 rings (SSSR count). The Kier molecular flexibility index (Phi) is 2.49. The molecule has 2 N–H and O–H groups in total. The number of nitrogens with zero attached hydrogens (tertiary/aromatic N) is 3. The minimum Gasteiger partial charge on any atom is -0.399 e. The maximum Gasteiger partial charge on any atom is 0.113 e. The molecule has 4 nitrogen and oxygen atoms in total. The lowest BCUT2D eigenvalue weighted by atomic mass is 10.2. The molecular weight excluding hydrogens is 248 g/mol. The summed E-state index contributed by atoms with van der Waals surface area (Å²) in [7, 11) is 0. The molecule has 100 valence electrons. The van der Waals surface area contributed by atoms with Crippen molar-refractivity contribution in [2.75, 3.05) is 5.73 Å². The van der Waals surface area contributed by atoms with E-state index in [9.17, 15) is 0 Å². The molecule has 0 radical (unpaired) electrons. The predicted molar refractivity (Wildman–Crippen MR) is 79.5 cm³/mol. The lowest BCUT2D eigenvalue weighted by molar-refractivity contribution is 0.746. The van der Waals surface area contributed by atoms with E-state index >= 15 is 0 Å². The van der Waals surface area contributed by atoms with Crippen LogP contribution in [0.15, 0.2) is 42.7 Å². The van der Waals surface area contributed by atoms with E-state index in [2.05, 4.69) is 27.8 Å². The predicted octanol–water partition coefficient (Wildman–Crippen LogP) is 2.94. The van der Waals surface area contributed by atoms with Crippen LogP contribution in [0.5, 0.6) is 0 Å². The number of fused-ring (bicyclic) bond motifs is 1. The van der Waals surface area contributed by atoms with Gasteiger partial charge in [-0.1, -0.05) is 0 Å². The maximum absolute atomic E-state index is 5.87. The average Bonchev–Trinajstić information content (AvgIpc) is 3.24. The molecule has 1 fully saturated rings. The summed E-state index contributed by atoms with van der Waals surface area (Å²) in [5.41, 5.74) is 10.1. The molecule has 4 heteroatoms. The molecule has 0 atom stereocenters. The topological polar surface area (TPSA) is 56.7 Å². The Labute approximate surface area is 117 Å². The Morgan fingerprint density at radius 1 is 1.15 bits per heavy atom. The normalized spacial score (nSPS) is 14.8. The third kappa shape index (κ3) is 1.93. The molecule has 0 bridgehead atoms. The number of hydrogen-bond acceptors (Lipinski definition) is 3. The lowest BCUT2D eigenvalue weighted by Crippen LogP contribution is -2.04. The lowest BCUT2D eigenvalue weighted by Gasteiger charge is -2.08. The standard InChI is InChI=1S/C16H16N4/c17-13-3-4-15-14(9-13)19-16(12-1-2-12)20(15)10-11-5-7-18-8-6-11/h3-9,12H,1-2,10,17H2. The Hall–Kier alpha value is -2.36. The van der Waals surface area contributed by atoms with E-state index in [4.69, 9.17) is 10.7 Å². The fraction of sp³-hybridized carbons (Fsp3) is 0.250. The first-order valence-electron chi connectivity index (χ1n) is 6.96. The van der Waals surface area contributed by atoms with E-state index < -0.39 is 0 Å². The van der Waals surface area contributed by atoms with Crippen LogP contribution in [-0.2, 0) is 6.54 Å². The zero-order valence-corrected chi connectivity index (χ0v) is 11.2. The van der Waals surface area contributed by atoms with Crippen LogP contribution in [0.25, 0.3) is 11.0 Å². The summed E-state index contributed by atoms with van der Waals surface area (Å²) in [6.45, 7) is 0.842. The first-order valence-corrected chi connectivity index (χ1v) is 6.96. The van der Waals surface area contributed by atoms with Gasteiger partial charge in [0.15, 0.2) is 0 Å². The first kappa shape index (κ1) is 11.5. The van der Waals surface area contributed by atoms with Gasteiger partial charge in [-0.25, -0.2) is 4.98 Å². The van der Waals surface area contributed by atoms with E-state index in [1.165, 1.54) is 24.2 Å². The molecule has 1 aliphatic rings. The number of nitrogens with two attached hydrogens (primary N) is 1. The van der Waals surface area contributed by atoms with Gasteiger partial charge in [-0.05, 0) is 48.7 Å². The minimum absolute atomic E-state index is 0.616. The van der Waals surface area contributed by atoms with Crippen molar-refractivity contribution < 1.29 is 0 Å². The van der Waals surface area contributed by atoms with Gasteiger partial charge in [-0.3, -0.25) is 4.98 Å². The number of pyridine rings is 1. The van der Waals surface area contributed by atoms with Crippen molar-refractivity contribution in [2.24, 2.45) is 0 Å². The van der Waals surface area contributed by atoms with E-state index in [1.807, 2.05) is 24.5 Å². The van der Waals surface area contributed by atoms with Gasteiger partial charge in [0.1, 0.15) is 5.82 Å². The highest BCUT2D eigenvalue weighted by Crippen LogP contribution is 2.41. The number of anilines is 1. The van der Waals surface area contributed by atoms with Crippen LogP contribution in [0.1, 0.15) is 30.1 Å². The molecule has 1 saturated carbocycles. The van der Waals surface area contributed by atoms with Gasteiger partial charge in [-0.15, -0.1) is 0 Å². The molecule has 1 aliphatic carbocycles. The van der Waals surface area contributed by atoms with E-state index in [-0.39, 0.29) is 0 Å². The molecule has 2 heterocycles. The van der Waals surface area contributed by atoms with Crippen molar-refractivity contribution in [3.63, 3.8) is 0 Å². The largest absolute Gasteiger partial charge is 0.399 e. The number of hydrogen-bond donors (Lipinski definition) is 1. The van der Waals surface area contributed by atoms with Crippen LogP contribution >= 0.6 is 0 Å². The molecule has 0 amide bonds. The van der Waals surface area contributed by atoms with Gasteiger partial charge in [0.25, 0.3) is 0 Å². The van der Waals surface area contributed by atoms with Crippen molar-refractivity contribution in [3.05, 3.63) is 54.1 Å². The van der Waals surface area contributed by atoms with Crippen LogP contribution in [0, 0.1) is 0 Å². The summed E-state index contributed by atoms with van der Waals surface area (Å²) in [6, 6.07) is 10.1. The maximum atomic E-state index is 5.87. The van der Waals surface area contributed by atoms with Gasteiger partial charge in [0.05, 0.1) is 11.0 Å². The van der Waals surface area contributed by atoms with Crippen molar-refractivity contribution in [2.45, 2.75) is 25.3 Å². The molecule has 20 heavy (non-hydrogen) atoms. The van der Waals surface area contributed by atoms with E-state index in [0.717, 1.165) is 23.3 Å².